The number of sulfone groups is 1. The number of benzene rings is 2. The van der Waals surface area contributed by atoms with Crippen LogP contribution in [0.3, 0.4) is 0 Å². The molecule has 0 bridgehead atoms. The molecule has 1 N–H and O–H groups in total. The van der Waals surface area contributed by atoms with Crippen molar-refractivity contribution in [2.24, 2.45) is 5.16 Å². The third-order valence-corrected chi connectivity index (χ3v) is 6.42. The number of rotatable bonds is 4. The molecule has 1 aliphatic heterocycles. The van der Waals surface area contributed by atoms with E-state index in [9.17, 15) is 8.42 Å². The summed E-state index contributed by atoms with van der Waals surface area (Å²) in [5.41, 5.74) is 1.09. The molecule has 3 rings (SSSR count). The van der Waals surface area contributed by atoms with Gasteiger partial charge < -0.3 is 14.7 Å². The number of hydrogen-bond acceptors (Lipinski definition) is 6. The summed E-state index contributed by atoms with van der Waals surface area (Å²) in [6.07, 6.45) is 0. The zero-order chi connectivity index (χ0) is 19.9. The van der Waals surface area contributed by atoms with Crippen LogP contribution in [0.4, 0.5) is 0 Å². The molecule has 144 valence electrons. The second-order valence-corrected chi connectivity index (χ2v) is 9.21. The van der Waals surface area contributed by atoms with E-state index < -0.39 is 21.2 Å². The Morgan fingerprint density at radius 3 is 2.30 bits per heavy atom. The molecule has 1 fully saturated rings. The normalized spacial score (nSPS) is 22.7. The summed E-state index contributed by atoms with van der Waals surface area (Å²) in [6.45, 7) is 7.53. The van der Waals surface area contributed by atoms with E-state index in [4.69, 9.17) is 14.7 Å². The van der Waals surface area contributed by atoms with Gasteiger partial charge in [0.2, 0.25) is 9.84 Å². The zero-order valence-electron chi connectivity index (χ0n) is 15.8. The predicted molar refractivity (Wildman–Crippen MR) is 101 cm³/mol. The largest absolute Gasteiger partial charge is 0.411 e. The minimum absolute atomic E-state index is 0.170. The van der Waals surface area contributed by atoms with E-state index in [1.165, 1.54) is 12.1 Å². The predicted octanol–water partition coefficient (Wildman–Crippen LogP) is 3.72. The Balaban J connectivity index is 1.97. The van der Waals surface area contributed by atoms with Gasteiger partial charge in [-0.1, -0.05) is 29.4 Å². The van der Waals surface area contributed by atoms with E-state index in [0.29, 0.717) is 17.9 Å². The summed E-state index contributed by atoms with van der Waals surface area (Å²) in [7, 11) is -3.69. The molecule has 6 nitrogen and oxygen atoms in total. The van der Waals surface area contributed by atoms with E-state index in [2.05, 4.69) is 5.16 Å². The van der Waals surface area contributed by atoms with Crippen LogP contribution in [0.5, 0.6) is 0 Å². The van der Waals surface area contributed by atoms with E-state index in [-0.39, 0.29) is 9.79 Å². The van der Waals surface area contributed by atoms with Crippen molar-refractivity contribution in [3.05, 3.63) is 59.7 Å². The van der Waals surface area contributed by atoms with Crippen LogP contribution < -0.4 is 0 Å². The molecule has 27 heavy (non-hydrogen) atoms. The molecule has 1 heterocycles. The molecule has 0 spiro atoms. The SMILES string of the molecule is C/C(=N\O)c1ccc(S(=O)(=O)c2cccc(C3(C)COC(C)(C)O3)c2)cc1. The minimum Gasteiger partial charge on any atom is -0.411 e. The van der Waals surface area contributed by atoms with Gasteiger partial charge in [0.25, 0.3) is 0 Å². The number of oxime groups is 1. The maximum absolute atomic E-state index is 13.0. The highest BCUT2D eigenvalue weighted by Crippen LogP contribution is 2.39. The maximum atomic E-state index is 13.0. The van der Waals surface area contributed by atoms with Crippen molar-refractivity contribution in [3.63, 3.8) is 0 Å². The molecule has 1 unspecified atom stereocenters. The van der Waals surface area contributed by atoms with Crippen LogP contribution in [-0.2, 0) is 24.9 Å². The highest BCUT2D eigenvalue weighted by molar-refractivity contribution is 7.91. The fourth-order valence-electron chi connectivity index (χ4n) is 3.12. The lowest BCUT2D eigenvalue weighted by Gasteiger charge is -2.26. The first-order valence-electron chi connectivity index (χ1n) is 8.56. The van der Waals surface area contributed by atoms with E-state index in [0.717, 1.165) is 5.56 Å². The maximum Gasteiger partial charge on any atom is 0.206 e. The molecule has 2 aromatic carbocycles. The summed E-state index contributed by atoms with van der Waals surface area (Å²) in [5, 5.41) is 12.0. The van der Waals surface area contributed by atoms with Crippen LogP contribution in [0.15, 0.2) is 63.5 Å². The van der Waals surface area contributed by atoms with E-state index in [1.807, 2.05) is 26.8 Å². The van der Waals surface area contributed by atoms with Crippen molar-refractivity contribution >= 4 is 15.5 Å². The molecule has 1 aliphatic rings. The zero-order valence-corrected chi connectivity index (χ0v) is 16.6. The molecule has 0 radical (unpaired) electrons. The Hall–Kier alpha value is -2.22. The summed E-state index contributed by atoms with van der Waals surface area (Å²) in [4.78, 5) is 0.359. The van der Waals surface area contributed by atoms with Gasteiger partial charge in [0, 0.05) is 0 Å². The van der Waals surface area contributed by atoms with Crippen LogP contribution in [0.25, 0.3) is 0 Å². The molecule has 0 saturated carbocycles. The minimum atomic E-state index is -3.69. The summed E-state index contributed by atoms with van der Waals surface area (Å²) in [6, 6.07) is 13.0. The topological polar surface area (TPSA) is 85.2 Å². The lowest BCUT2D eigenvalue weighted by Crippen LogP contribution is -2.28. The second-order valence-electron chi connectivity index (χ2n) is 7.26. The smallest absolute Gasteiger partial charge is 0.206 e. The molecule has 1 atom stereocenters. The molecule has 2 aromatic rings. The summed E-state index contributed by atoms with van der Waals surface area (Å²) in [5.74, 6) is -0.717. The molecule has 0 amide bonds. The molecule has 0 aromatic heterocycles. The number of hydrogen-bond donors (Lipinski definition) is 1. The van der Waals surface area contributed by atoms with Crippen molar-refractivity contribution in [3.8, 4) is 0 Å². The number of nitrogens with zero attached hydrogens (tertiary/aromatic N) is 1. The molecule has 7 heteroatoms. The van der Waals surface area contributed by atoms with Gasteiger partial charge in [0.15, 0.2) is 5.79 Å². The fourth-order valence-corrected chi connectivity index (χ4v) is 4.42. The van der Waals surface area contributed by atoms with Crippen LogP contribution in [-0.4, -0.2) is 31.7 Å². The van der Waals surface area contributed by atoms with Crippen LogP contribution in [0, 0.1) is 0 Å². The first-order valence-corrected chi connectivity index (χ1v) is 10.0. The Morgan fingerprint density at radius 1 is 1.07 bits per heavy atom. The Labute approximate surface area is 159 Å². The Morgan fingerprint density at radius 2 is 1.74 bits per heavy atom. The fraction of sp³-hybridized carbons (Fsp3) is 0.350. The van der Waals surface area contributed by atoms with Gasteiger partial charge >= 0.3 is 0 Å². The van der Waals surface area contributed by atoms with Crippen LogP contribution in [0.2, 0.25) is 0 Å². The average molecular weight is 389 g/mol. The van der Waals surface area contributed by atoms with Crippen molar-refractivity contribution in [1.82, 2.24) is 0 Å². The first kappa shape index (κ1) is 19.5. The summed E-state index contributed by atoms with van der Waals surface area (Å²) >= 11 is 0. The lowest BCUT2D eigenvalue weighted by molar-refractivity contribution is -0.159. The first-order chi connectivity index (χ1) is 12.6. The van der Waals surface area contributed by atoms with Gasteiger partial charge in [0.05, 0.1) is 22.1 Å². The molecular weight excluding hydrogens is 366 g/mol. The average Bonchev–Trinajstić information content (AvgIpc) is 2.95. The van der Waals surface area contributed by atoms with Crippen molar-refractivity contribution in [2.45, 2.75) is 48.9 Å². The molecular formula is C20H23NO5S. The van der Waals surface area contributed by atoms with Gasteiger partial charge in [0.1, 0.15) is 5.60 Å². The standard InChI is InChI=1S/C20H23NO5S/c1-14(21-22)15-8-10-17(11-9-15)27(23,24)18-7-5-6-16(12-18)20(4)13-25-19(2,3)26-20/h5-12,22H,13H2,1-4H3/b21-14+. The van der Waals surface area contributed by atoms with E-state index in [1.54, 1.807) is 37.3 Å². The van der Waals surface area contributed by atoms with Crippen LogP contribution >= 0.6 is 0 Å². The van der Waals surface area contributed by atoms with Gasteiger partial charge in [-0.05, 0) is 63.1 Å². The van der Waals surface area contributed by atoms with Crippen LogP contribution in [0.1, 0.15) is 38.8 Å². The lowest BCUT2D eigenvalue weighted by atomic mass is 9.97. The highest BCUT2D eigenvalue weighted by Gasteiger charge is 2.43. The van der Waals surface area contributed by atoms with Crippen molar-refractivity contribution in [1.29, 1.82) is 0 Å². The highest BCUT2D eigenvalue weighted by atomic mass is 32.2. The monoisotopic (exact) mass is 389 g/mol. The Kier molecular flexibility index (Phi) is 4.88. The van der Waals surface area contributed by atoms with Crippen molar-refractivity contribution in [2.75, 3.05) is 6.61 Å². The quantitative estimate of drug-likeness (QED) is 0.489. The molecule has 0 aliphatic carbocycles. The van der Waals surface area contributed by atoms with E-state index >= 15 is 0 Å². The second kappa shape index (κ2) is 6.74. The summed E-state index contributed by atoms with van der Waals surface area (Å²) < 4.78 is 37.7. The third-order valence-electron chi connectivity index (χ3n) is 4.65. The van der Waals surface area contributed by atoms with Crippen molar-refractivity contribution < 1.29 is 23.1 Å². The van der Waals surface area contributed by atoms with Gasteiger partial charge in [-0.15, -0.1) is 0 Å². The molecule has 1 saturated heterocycles. The third kappa shape index (κ3) is 3.76. The van der Waals surface area contributed by atoms with Gasteiger partial charge in [-0.3, -0.25) is 0 Å². The van der Waals surface area contributed by atoms with Gasteiger partial charge in [-0.2, -0.15) is 0 Å². The van der Waals surface area contributed by atoms with Gasteiger partial charge in [-0.25, -0.2) is 8.42 Å². The Bertz CT molecular complexity index is 980. The number of ether oxygens (including phenoxy) is 2.